The van der Waals surface area contributed by atoms with Crippen LogP contribution in [0.2, 0.25) is 0 Å². The lowest BCUT2D eigenvalue weighted by Gasteiger charge is -2.30. The molecule has 4 heterocycles. The fraction of sp³-hybridized carbons (Fsp3) is 0.556. The molecule has 0 saturated heterocycles. The zero-order chi connectivity index (χ0) is 18.6. The zero-order valence-electron chi connectivity index (χ0n) is 15.7. The first-order chi connectivity index (χ1) is 12.3. The Bertz CT molecular complexity index is 1020. The molecule has 7 nitrogen and oxygen atoms in total. The number of fused-ring (bicyclic) bond motifs is 5. The van der Waals surface area contributed by atoms with Crippen LogP contribution in [0.4, 0.5) is 0 Å². The minimum atomic E-state index is -0.247. The molecule has 26 heavy (non-hydrogen) atoms. The topological polar surface area (TPSA) is 81.4 Å². The summed E-state index contributed by atoms with van der Waals surface area (Å²) in [5.41, 5.74) is 1.71. The predicted octanol–water partition coefficient (Wildman–Crippen LogP) is 3.03. The molecular formula is C18H23N5O2S. The summed E-state index contributed by atoms with van der Waals surface area (Å²) in [6.45, 7) is 10.7. The normalized spacial score (nSPS) is 17.4. The molecule has 0 aliphatic carbocycles. The Morgan fingerprint density at radius 3 is 2.92 bits per heavy atom. The lowest BCUT2D eigenvalue weighted by atomic mass is 9.94. The van der Waals surface area contributed by atoms with Gasteiger partial charge in [0.2, 0.25) is 5.82 Å². The van der Waals surface area contributed by atoms with E-state index in [2.05, 4.69) is 29.2 Å². The van der Waals surface area contributed by atoms with E-state index in [0.717, 1.165) is 28.9 Å². The van der Waals surface area contributed by atoms with Crippen molar-refractivity contribution in [2.45, 2.75) is 65.7 Å². The second-order valence-corrected chi connectivity index (χ2v) is 8.61. The second kappa shape index (κ2) is 5.99. The van der Waals surface area contributed by atoms with Gasteiger partial charge in [0.05, 0.1) is 17.6 Å². The first kappa shape index (κ1) is 17.4. The number of amides is 1. The van der Waals surface area contributed by atoms with E-state index >= 15 is 0 Å². The van der Waals surface area contributed by atoms with Crippen molar-refractivity contribution in [2.24, 2.45) is 0 Å². The Morgan fingerprint density at radius 2 is 2.19 bits per heavy atom. The van der Waals surface area contributed by atoms with E-state index < -0.39 is 0 Å². The highest BCUT2D eigenvalue weighted by Crippen LogP contribution is 2.39. The molecule has 1 aliphatic heterocycles. The molecular weight excluding hydrogens is 350 g/mol. The van der Waals surface area contributed by atoms with Crippen molar-refractivity contribution in [1.82, 2.24) is 24.9 Å². The third-order valence-corrected chi connectivity index (χ3v) is 5.96. The van der Waals surface area contributed by atoms with Gasteiger partial charge in [0, 0.05) is 17.3 Å². The molecule has 0 unspecified atom stereocenters. The van der Waals surface area contributed by atoms with Crippen molar-refractivity contribution >= 4 is 33.1 Å². The van der Waals surface area contributed by atoms with Gasteiger partial charge in [-0.05, 0) is 39.7 Å². The third kappa shape index (κ3) is 2.77. The SMILES string of the molecule is CC[C@@H](C)NC(=O)c1nc2c3c4c(sc3nc(C)n2n1)COC(C)(C)C4. The van der Waals surface area contributed by atoms with Crippen LogP contribution in [0.5, 0.6) is 0 Å². The summed E-state index contributed by atoms with van der Waals surface area (Å²) in [7, 11) is 0. The largest absolute Gasteiger partial charge is 0.370 e. The van der Waals surface area contributed by atoms with Crippen molar-refractivity contribution in [3.05, 3.63) is 22.1 Å². The predicted molar refractivity (Wildman–Crippen MR) is 101 cm³/mol. The lowest BCUT2D eigenvalue weighted by molar-refractivity contribution is -0.0379. The van der Waals surface area contributed by atoms with Gasteiger partial charge in [0.15, 0.2) is 5.65 Å². The molecule has 138 valence electrons. The number of ether oxygens (including phenoxy) is 1. The standard InChI is InChI=1S/C18H23N5O2S/c1-6-9(2)19-16(24)14-21-15-13-11-7-18(4,5)25-8-12(11)26-17(13)20-10(3)23(15)22-14/h9H,6-8H2,1-5H3,(H,19,24)/t9-/m1/s1. The zero-order valence-corrected chi connectivity index (χ0v) is 16.5. The summed E-state index contributed by atoms with van der Waals surface area (Å²) in [6.07, 6.45) is 1.65. The molecule has 8 heteroatoms. The van der Waals surface area contributed by atoms with Crippen LogP contribution in [0.1, 0.15) is 61.0 Å². The number of carbonyl (C=O) groups excluding carboxylic acids is 1. The Kier molecular flexibility index (Phi) is 4.00. The number of hydrogen-bond acceptors (Lipinski definition) is 6. The van der Waals surface area contributed by atoms with Crippen molar-refractivity contribution in [2.75, 3.05) is 0 Å². The molecule has 0 spiro atoms. The van der Waals surface area contributed by atoms with Gasteiger partial charge < -0.3 is 10.1 Å². The molecule has 3 aromatic heterocycles. The van der Waals surface area contributed by atoms with Gasteiger partial charge in [-0.25, -0.2) is 9.97 Å². The number of rotatable bonds is 3. The molecule has 1 aliphatic rings. The van der Waals surface area contributed by atoms with Crippen LogP contribution in [0.3, 0.4) is 0 Å². The van der Waals surface area contributed by atoms with E-state index in [0.29, 0.717) is 12.3 Å². The van der Waals surface area contributed by atoms with Crippen LogP contribution in [0, 0.1) is 6.92 Å². The van der Waals surface area contributed by atoms with Crippen molar-refractivity contribution < 1.29 is 9.53 Å². The molecule has 0 aromatic carbocycles. The first-order valence-electron chi connectivity index (χ1n) is 8.91. The fourth-order valence-corrected chi connectivity index (χ4v) is 4.37. The van der Waals surface area contributed by atoms with E-state index in [4.69, 9.17) is 9.72 Å². The Hall–Kier alpha value is -2.06. The van der Waals surface area contributed by atoms with Gasteiger partial charge in [-0.15, -0.1) is 16.4 Å². The van der Waals surface area contributed by atoms with E-state index in [9.17, 15) is 4.79 Å². The number of carbonyl (C=O) groups is 1. The van der Waals surface area contributed by atoms with Crippen molar-refractivity contribution in [1.29, 1.82) is 0 Å². The highest BCUT2D eigenvalue weighted by Gasteiger charge is 2.31. The third-order valence-electron chi connectivity index (χ3n) is 4.86. The molecule has 4 rings (SSSR count). The number of nitrogens with zero attached hydrogens (tertiary/aromatic N) is 4. The molecule has 0 radical (unpaired) electrons. The van der Waals surface area contributed by atoms with E-state index in [1.54, 1.807) is 15.9 Å². The summed E-state index contributed by atoms with van der Waals surface area (Å²) >= 11 is 1.64. The first-order valence-corrected chi connectivity index (χ1v) is 9.73. The second-order valence-electron chi connectivity index (χ2n) is 7.52. The molecule has 0 bridgehead atoms. The van der Waals surface area contributed by atoms with Crippen molar-refractivity contribution in [3.63, 3.8) is 0 Å². The van der Waals surface area contributed by atoms with Gasteiger partial charge in [-0.1, -0.05) is 6.92 Å². The number of thiophene rings is 1. The smallest absolute Gasteiger partial charge is 0.291 e. The van der Waals surface area contributed by atoms with Crippen LogP contribution in [0.25, 0.3) is 15.9 Å². The van der Waals surface area contributed by atoms with E-state index in [1.165, 1.54) is 10.4 Å². The van der Waals surface area contributed by atoms with E-state index in [-0.39, 0.29) is 23.4 Å². The molecule has 1 amide bonds. The minimum Gasteiger partial charge on any atom is -0.370 e. The Balaban J connectivity index is 1.89. The molecule has 3 aromatic rings. The van der Waals surface area contributed by atoms with Gasteiger partial charge in [-0.3, -0.25) is 4.79 Å². The van der Waals surface area contributed by atoms with Crippen LogP contribution in [-0.2, 0) is 17.8 Å². The maximum Gasteiger partial charge on any atom is 0.291 e. The molecule has 0 fully saturated rings. The fourth-order valence-electron chi connectivity index (χ4n) is 3.23. The molecule has 1 atom stereocenters. The quantitative estimate of drug-likeness (QED) is 0.763. The number of hydrogen-bond donors (Lipinski definition) is 1. The van der Waals surface area contributed by atoms with Gasteiger partial charge in [0.1, 0.15) is 10.7 Å². The number of nitrogens with one attached hydrogen (secondary N) is 1. The summed E-state index contributed by atoms with van der Waals surface area (Å²) in [5.74, 6) is 0.665. The van der Waals surface area contributed by atoms with Crippen LogP contribution in [-0.4, -0.2) is 37.1 Å². The summed E-state index contributed by atoms with van der Waals surface area (Å²) in [4.78, 5) is 23.9. The Labute approximate surface area is 155 Å². The van der Waals surface area contributed by atoms with Crippen molar-refractivity contribution in [3.8, 4) is 0 Å². The summed E-state index contributed by atoms with van der Waals surface area (Å²) < 4.78 is 7.62. The maximum atomic E-state index is 12.5. The highest BCUT2D eigenvalue weighted by atomic mass is 32.1. The summed E-state index contributed by atoms with van der Waals surface area (Å²) in [5, 5.41) is 8.35. The average molecular weight is 373 g/mol. The van der Waals surface area contributed by atoms with Crippen LogP contribution >= 0.6 is 11.3 Å². The van der Waals surface area contributed by atoms with Crippen LogP contribution < -0.4 is 5.32 Å². The monoisotopic (exact) mass is 373 g/mol. The Morgan fingerprint density at radius 1 is 1.42 bits per heavy atom. The van der Waals surface area contributed by atoms with Gasteiger partial charge in [-0.2, -0.15) is 4.52 Å². The van der Waals surface area contributed by atoms with Crippen LogP contribution in [0.15, 0.2) is 0 Å². The molecule has 0 saturated carbocycles. The number of aromatic nitrogens is 4. The number of aryl methyl sites for hydroxylation is 1. The highest BCUT2D eigenvalue weighted by molar-refractivity contribution is 7.19. The van der Waals surface area contributed by atoms with E-state index in [1.807, 2.05) is 20.8 Å². The molecule has 1 N–H and O–H groups in total. The average Bonchev–Trinajstić information content (AvgIpc) is 3.15. The maximum absolute atomic E-state index is 12.5. The minimum absolute atomic E-state index is 0.0835. The summed E-state index contributed by atoms with van der Waals surface area (Å²) in [6, 6.07) is 0.0835. The lowest BCUT2D eigenvalue weighted by Crippen LogP contribution is -2.32. The van der Waals surface area contributed by atoms with Gasteiger partial charge in [0.25, 0.3) is 5.91 Å². The van der Waals surface area contributed by atoms with Gasteiger partial charge >= 0.3 is 0 Å².